The highest BCUT2D eigenvalue weighted by Gasteiger charge is 2.77. The van der Waals surface area contributed by atoms with Gasteiger partial charge in [0, 0.05) is 17.8 Å². The van der Waals surface area contributed by atoms with Gasteiger partial charge in [-0.2, -0.15) is 0 Å². The maximum atomic E-state index is 12.1. The molecule has 0 bridgehead atoms. The molecule has 2 aliphatic heterocycles. The fourth-order valence-corrected chi connectivity index (χ4v) is 8.78. The largest absolute Gasteiger partial charge is 0.360 e. The number of hydrogen-bond donors (Lipinski definition) is 0. The SMILES string of the molecule is C[C@]12CCC(=O)C=C1CC[C@@H]1[C@@H]2[C@@H](ON=O)C[C@@]2(C)[C@H]1CC[C@@]21OCOC12COCO2. The molecule has 2 spiro atoms. The van der Waals surface area contributed by atoms with Gasteiger partial charge in [-0.3, -0.25) is 4.79 Å². The van der Waals surface area contributed by atoms with Gasteiger partial charge in [0.25, 0.3) is 0 Å². The molecule has 3 saturated carbocycles. The van der Waals surface area contributed by atoms with E-state index in [9.17, 15) is 9.70 Å². The Balaban J connectivity index is 1.44. The van der Waals surface area contributed by atoms with Crippen LogP contribution in [0.3, 0.4) is 0 Å². The predicted octanol–water partition coefficient (Wildman–Crippen LogP) is 3.64. The van der Waals surface area contributed by atoms with E-state index in [0.29, 0.717) is 31.3 Å². The molecular weight excluding hydrogens is 402 g/mol. The number of allylic oxidation sites excluding steroid dienone is 1. The smallest absolute Gasteiger partial charge is 0.226 e. The maximum Gasteiger partial charge on any atom is 0.226 e. The first-order valence-electron chi connectivity index (χ1n) is 11.6. The summed E-state index contributed by atoms with van der Waals surface area (Å²) in [5.41, 5.74) is 0.165. The third kappa shape index (κ3) is 2.37. The normalized spacial score (nSPS) is 53.2. The number of ether oxygens (including phenoxy) is 4. The van der Waals surface area contributed by atoms with Crippen molar-refractivity contribution in [3.05, 3.63) is 16.6 Å². The van der Waals surface area contributed by atoms with Crippen molar-refractivity contribution in [2.45, 2.75) is 76.3 Å². The number of rotatable bonds is 2. The summed E-state index contributed by atoms with van der Waals surface area (Å²) in [6, 6.07) is 0. The van der Waals surface area contributed by atoms with Gasteiger partial charge in [0.15, 0.2) is 24.7 Å². The van der Waals surface area contributed by atoms with Crippen LogP contribution in [0.2, 0.25) is 0 Å². The molecule has 5 fully saturated rings. The number of nitrogens with zero attached hydrogens (tertiary/aromatic N) is 1. The van der Waals surface area contributed by atoms with Gasteiger partial charge in [-0.05, 0) is 61.9 Å². The maximum absolute atomic E-state index is 12.1. The van der Waals surface area contributed by atoms with Gasteiger partial charge in [-0.15, -0.1) is 4.91 Å². The Hall–Kier alpha value is -1.35. The summed E-state index contributed by atoms with van der Waals surface area (Å²) in [7, 11) is 0. The van der Waals surface area contributed by atoms with Gasteiger partial charge < -0.3 is 23.8 Å². The molecule has 0 radical (unpaired) electrons. The number of carbonyl (C=O) groups excluding carboxylic acids is 1. The molecule has 0 N–H and O–H groups in total. The fourth-order valence-electron chi connectivity index (χ4n) is 8.78. The van der Waals surface area contributed by atoms with Gasteiger partial charge in [0.2, 0.25) is 5.79 Å². The Morgan fingerprint density at radius 2 is 1.94 bits per heavy atom. The zero-order chi connectivity index (χ0) is 21.5. The van der Waals surface area contributed by atoms with Crippen LogP contribution in [0.5, 0.6) is 0 Å². The molecule has 8 heteroatoms. The Bertz CT molecular complexity index is 832. The van der Waals surface area contributed by atoms with Crippen LogP contribution in [-0.2, 0) is 28.6 Å². The van der Waals surface area contributed by atoms with E-state index in [0.717, 1.165) is 32.1 Å². The summed E-state index contributed by atoms with van der Waals surface area (Å²) in [5.74, 6) is 0.231. The summed E-state index contributed by atoms with van der Waals surface area (Å²) < 4.78 is 24.1. The van der Waals surface area contributed by atoms with Gasteiger partial charge in [0.05, 0.1) is 0 Å². The molecule has 0 amide bonds. The summed E-state index contributed by atoms with van der Waals surface area (Å²) in [6.45, 7) is 5.27. The van der Waals surface area contributed by atoms with Crippen LogP contribution < -0.4 is 0 Å². The average molecular weight is 434 g/mol. The second-order valence-corrected chi connectivity index (χ2v) is 10.9. The van der Waals surface area contributed by atoms with E-state index in [2.05, 4.69) is 19.2 Å². The highest BCUT2D eigenvalue weighted by molar-refractivity contribution is 5.91. The second-order valence-electron chi connectivity index (χ2n) is 10.9. The molecule has 8 atom stereocenters. The summed E-state index contributed by atoms with van der Waals surface area (Å²) in [5, 5.41) is 2.92. The van der Waals surface area contributed by atoms with Crippen molar-refractivity contribution in [2.75, 3.05) is 20.2 Å². The van der Waals surface area contributed by atoms with E-state index < -0.39 is 11.4 Å². The molecule has 0 aromatic rings. The number of carbonyl (C=O) groups is 1. The molecule has 0 aromatic heterocycles. The van der Waals surface area contributed by atoms with Crippen molar-refractivity contribution in [3.63, 3.8) is 0 Å². The van der Waals surface area contributed by atoms with E-state index in [1.165, 1.54) is 5.57 Å². The standard InChI is InChI=1S/C23H31NO7/c1-20-7-5-15(25)9-14(20)3-4-16-17-6-8-22(23(30-13-28-22)11-27-12-29-23)21(17,2)10-18(19(16)20)31-24-26/h9,16-19H,3-8,10-13H2,1-2H3/t16-,17-,18-,19+,20-,21-,22+,23?/m0/s1. The second kappa shape index (κ2) is 6.59. The van der Waals surface area contributed by atoms with Crippen molar-refractivity contribution >= 4 is 5.78 Å². The highest BCUT2D eigenvalue weighted by atomic mass is 16.9. The summed E-state index contributed by atoms with van der Waals surface area (Å²) in [4.78, 5) is 29.1. The van der Waals surface area contributed by atoms with Crippen molar-refractivity contribution < 1.29 is 28.6 Å². The van der Waals surface area contributed by atoms with Crippen LogP contribution >= 0.6 is 0 Å². The lowest BCUT2D eigenvalue weighted by Crippen LogP contribution is -2.66. The topological polar surface area (TPSA) is 92.7 Å². The van der Waals surface area contributed by atoms with Crippen LogP contribution in [0.15, 0.2) is 17.0 Å². The Morgan fingerprint density at radius 3 is 2.71 bits per heavy atom. The lowest BCUT2D eigenvalue weighted by Gasteiger charge is -2.61. The molecule has 4 aliphatic carbocycles. The first-order chi connectivity index (χ1) is 14.9. The van der Waals surface area contributed by atoms with Crippen molar-refractivity contribution in [2.24, 2.45) is 33.9 Å². The minimum atomic E-state index is -0.899. The van der Waals surface area contributed by atoms with E-state index in [4.69, 9.17) is 23.8 Å². The van der Waals surface area contributed by atoms with E-state index >= 15 is 0 Å². The number of ketones is 1. The quantitative estimate of drug-likeness (QED) is 0.485. The van der Waals surface area contributed by atoms with E-state index in [1.54, 1.807) is 0 Å². The van der Waals surface area contributed by atoms with Crippen LogP contribution in [0, 0.1) is 33.5 Å². The van der Waals surface area contributed by atoms with Gasteiger partial charge >= 0.3 is 0 Å². The van der Waals surface area contributed by atoms with Crippen LogP contribution in [-0.4, -0.2) is 43.5 Å². The molecule has 6 rings (SSSR count). The van der Waals surface area contributed by atoms with Crippen molar-refractivity contribution in [1.29, 1.82) is 0 Å². The molecule has 1 unspecified atom stereocenters. The third-order valence-electron chi connectivity index (χ3n) is 10.1. The molecule has 2 saturated heterocycles. The average Bonchev–Trinajstić information content (AvgIpc) is 3.43. The molecule has 31 heavy (non-hydrogen) atoms. The number of fused-ring (bicyclic) bond motifs is 7. The zero-order valence-electron chi connectivity index (χ0n) is 18.3. The Labute approximate surface area is 181 Å². The van der Waals surface area contributed by atoms with Crippen LogP contribution in [0.1, 0.15) is 58.8 Å². The minimum absolute atomic E-state index is 0.138. The zero-order valence-corrected chi connectivity index (χ0v) is 18.3. The van der Waals surface area contributed by atoms with Crippen molar-refractivity contribution in [3.8, 4) is 0 Å². The lowest BCUT2D eigenvalue weighted by molar-refractivity contribution is -0.260. The number of hydrogen-bond acceptors (Lipinski definition) is 8. The van der Waals surface area contributed by atoms with Gasteiger partial charge in [-0.25, -0.2) is 0 Å². The molecular formula is C23H31NO7. The van der Waals surface area contributed by atoms with E-state index in [1.807, 2.05) is 6.08 Å². The summed E-state index contributed by atoms with van der Waals surface area (Å²) >= 11 is 0. The minimum Gasteiger partial charge on any atom is -0.360 e. The first-order valence-corrected chi connectivity index (χ1v) is 11.6. The molecule has 2 heterocycles. The molecule has 0 aromatic carbocycles. The highest BCUT2D eigenvalue weighted by Crippen LogP contribution is 2.71. The fraction of sp³-hybridized carbons (Fsp3) is 0.870. The molecule has 6 aliphatic rings. The van der Waals surface area contributed by atoms with Crippen LogP contribution in [0.25, 0.3) is 0 Å². The molecule has 170 valence electrons. The Morgan fingerprint density at radius 1 is 1.10 bits per heavy atom. The van der Waals surface area contributed by atoms with Gasteiger partial charge in [0.1, 0.15) is 18.3 Å². The van der Waals surface area contributed by atoms with Gasteiger partial charge in [-0.1, -0.05) is 19.4 Å². The first kappa shape index (κ1) is 20.3. The summed E-state index contributed by atoms with van der Waals surface area (Å²) in [6.07, 6.45) is 7.31. The molecule has 8 nitrogen and oxygen atoms in total. The van der Waals surface area contributed by atoms with Crippen LogP contribution in [0.4, 0.5) is 0 Å². The lowest BCUT2D eigenvalue weighted by atomic mass is 9.45. The third-order valence-corrected chi connectivity index (χ3v) is 10.1. The predicted molar refractivity (Wildman–Crippen MR) is 107 cm³/mol. The Kier molecular flexibility index (Phi) is 4.31. The monoisotopic (exact) mass is 433 g/mol. The van der Waals surface area contributed by atoms with E-state index in [-0.39, 0.29) is 42.2 Å². The van der Waals surface area contributed by atoms with Crippen molar-refractivity contribution in [1.82, 2.24) is 0 Å².